The normalized spacial score (nSPS) is 16.7. The lowest BCUT2D eigenvalue weighted by molar-refractivity contribution is -0.127. The number of carbonyl (C=O) groups excluding carboxylic acids is 3. The minimum atomic E-state index is -0.748. The quantitative estimate of drug-likeness (QED) is 0.532. The highest BCUT2D eigenvalue weighted by Gasteiger charge is 2.33. The largest absolute Gasteiger partial charge is 0.485 e. The molecule has 2 amide bonds. The lowest BCUT2D eigenvalue weighted by Gasteiger charge is -2.34. The van der Waals surface area contributed by atoms with Crippen molar-refractivity contribution in [2.24, 2.45) is 0 Å². The molecule has 1 N–H and O–H groups in total. The molecule has 0 saturated carbocycles. The van der Waals surface area contributed by atoms with Crippen LogP contribution < -0.4 is 19.7 Å². The number of anilines is 1. The number of Topliss-reactive ketones (excluding diaryl/α,β-unsaturated/α-hetero) is 1. The van der Waals surface area contributed by atoms with E-state index in [4.69, 9.17) is 21.1 Å². The Morgan fingerprint density at radius 1 is 1.11 bits per heavy atom. The molecule has 0 aliphatic carbocycles. The number of nitrogens with one attached hydrogen (secondary N) is 1. The summed E-state index contributed by atoms with van der Waals surface area (Å²) in [5.74, 6) is 0.131. The summed E-state index contributed by atoms with van der Waals surface area (Å²) in [7, 11) is 0. The first kappa shape index (κ1) is 25.0. The number of nitrogens with zero attached hydrogens (tertiary/aromatic N) is 2. The number of amides is 2. The fraction of sp³-hybridized carbons (Fsp3) is 0.423. The highest BCUT2D eigenvalue weighted by atomic mass is 35.5. The van der Waals surface area contributed by atoms with Crippen molar-refractivity contribution in [1.82, 2.24) is 10.2 Å². The average Bonchev–Trinajstić information content (AvgIpc) is 2.88. The molecule has 186 valence electrons. The third-order valence-electron chi connectivity index (χ3n) is 6.29. The maximum atomic E-state index is 12.9. The van der Waals surface area contributed by atoms with Gasteiger partial charge in [-0.3, -0.25) is 19.3 Å². The van der Waals surface area contributed by atoms with Crippen molar-refractivity contribution in [3.63, 3.8) is 0 Å². The summed E-state index contributed by atoms with van der Waals surface area (Å²) in [6.07, 6.45) is 3.64. The molecule has 0 unspecified atom stereocenters. The van der Waals surface area contributed by atoms with Gasteiger partial charge in [-0.25, -0.2) is 0 Å². The first-order valence-electron chi connectivity index (χ1n) is 11.9. The molecular formula is C26H30ClN3O5. The molecule has 8 nitrogen and oxygen atoms in total. The predicted molar refractivity (Wildman–Crippen MR) is 133 cm³/mol. The summed E-state index contributed by atoms with van der Waals surface area (Å²) in [6, 6.07) is 10.8. The van der Waals surface area contributed by atoms with Crippen LogP contribution in [0.5, 0.6) is 11.5 Å². The Kier molecular flexibility index (Phi) is 8.25. The molecule has 0 bridgehead atoms. The van der Waals surface area contributed by atoms with Crippen LogP contribution in [0.3, 0.4) is 0 Å². The van der Waals surface area contributed by atoms with E-state index in [0.29, 0.717) is 34.3 Å². The van der Waals surface area contributed by atoms with E-state index in [1.807, 2.05) is 0 Å². The van der Waals surface area contributed by atoms with Crippen LogP contribution in [0.1, 0.15) is 36.5 Å². The molecule has 0 spiro atoms. The van der Waals surface area contributed by atoms with Gasteiger partial charge in [-0.15, -0.1) is 0 Å². The monoisotopic (exact) mass is 499 g/mol. The molecule has 2 heterocycles. The fourth-order valence-corrected chi connectivity index (χ4v) is 4.44. The topological polar surface area (TPSA) is 88.2 Å². The highest BCUT2D eigenvalue weighted by Crippen LogP contribution is 2.34. The van der Waals surface area contributed by atoms with E-state index in [0.717, 1.165) is 19.6 Å². The molecule has 2 aliphatic rings. The number of ketones is 1. The van der Waals surface area contributed by atoms with E-state index in [2.05, 4.69) is 10.2 Å². The summed E-state index contributed by atoms with van der Waals surface area (Å²) in [5, 5.41) is 3.52. The second-order valence-electron chi connectivity index (χ2n) is 8.77. The van der Waals surface area contributed by atoms with Gasteiger partial charge in [0.25, 0.3) is 5.91 Å². The van der Waals surface area contributed by atoms with Crippen LogP contribution in [0.2, 0.25) is 5.02 Å². The molecule has 35 heavy (non-hydrogen) atoms. The van der Waals surface area contributed by atoms with Crippen LogP contribution in [0.4, 0.5) is 5.69 Å². The zero-order valence-electron chi connectivity index (χ0n) is 19.8. The van der Waals surface area contributed by atoms with Crippen molar-refractivity contribution < 1.29 is 23.9 Å². The number of halogens is 1. The summed E-state index contributed by atoms with van der Waals surface area (Å²) in [4.78, 5) is 42.1. The SMILES string of the molecule is C[C@@H](C(=O)NCCN1CCCCC1)N1C(=O)COc2ccc(C(=O)COc3ccc(Cl)cc3)cc21. The molecule has 0 radical (unpaired) electrons. The molecule has 1 atom stereocenters. The Morgan fingerprint density at radius 3 is 2.60 bits per heavy atom. The maximum Gasteiger partial charge on any atom is 0.265 e. The molecule has 9 heteroatoms. The summed E-state index contributed by atoms with van der Waals surface area (Å²) < 4.78 is 11.1. The Balaban J connectivity index is 1.41. The van der Waals surface area contributed by atoms with Crippen LogP contribution in [0.25, 0.3) is 0 Å². The van der Waals surface area contributed by atoms with E-state index in [-0.39, 0.29) is 30.8 Å². The number of piperidine rings is 1. The minimum Gasteiger partial charge on any atom is -0.485 e. The van der Waals surface area contributed by atoms with Gasteiger partial charge in [0.1, 0.15) is 17.5 Å². The molecule has 1 saturated heterocycles. The van der Waals surface area contributed by atoms with E-state index >= 15 is 0 Å². The predicted octanol–water partition coefficient (Wildman–Crippen LogP) is 3.32. The number of rotatable bonds is 9. The van der Waals surface area contributed by atoms with Crippen LogP contribution in [-0.4, -0.2) is 67.9 Å². The summed E-state index contributed by atoms with van der Waals surface area (Å²) in [5.41, 5.74) is 0.760. The number of hydrogen-bond acceptors (Lipinski definition) is 6. The van der Waals surface area contributed by atoms with Gasteiger partial charge in [0.2, 0.25) is 5.91 Å². The first-order valence-corrected chi connectivity index (χ1v) is 12.3. The van der Waals surface area contributed by atoms with E-state index in [1.54, 1.807) is 49.4 Å². The van der Waals surface area contributed by atoms with Gasteiger partial charge < -0.3 is 19.7 Å². The molecule has 4 rings (SSSR count). The Labute approximate surface area is 210 Å². The Bertz CT molecular complexity index is 1070. The van der Waals surface area contributed by atoms with Crippen LogP contribution >= 0.6 is 11.6 Å². The summed E-state index contributed by atoms with van der Waals surface area (Å²) >= 11 is 5.88. The van der Waals surface area contributed by atoms with Gasteiger partial charge in [0, 0.05) is 23.7 Å². The molecule has 0 aromatic heterocycles. The second kappa shape index (κ2) is 11.6. The smallest absolute Gasteiger partial charge is 0.265 e. The van der Waals surface area contributed by atoms with Crippen LogP contribution in [0.15, 0.2) is 42.5 Å². The second-order valence-corrected chi connectivity index (χ2v) is 9.21. The van der Waals surface area contributed by atoms with Crippen molar-refractivity contribution in [3.8, 4) is 11.5 Å². The van der Waals surface area contributed by atoms with Gasteiger partial charge >= 0.3 is 0 Å². The molecular weight excluding hydrogens is 470 g/mol. The fourth-order valence-electron chi connectivity index (χ4n) is 4.32. The number of likely N-dealkylation sites (tertiary alicyclic amines) is 1. The van der Waals surface area contributed by atoms with Crippen molar-refractivity contribution in [3.05, 3.63) is 53.1 Å². The molecule has 2 aromatic carbocycles. The van der Waals surface area contributed by atoms with Crippen molar-refractivity contribution in [2.75, 3.05) is 44.3 Å². The van der Waals surface area contributed by atoms with Gasteiger partial charge in [-0.2, -0.15) is 0 Å². The lowest BCUT2D eigenvalue weighted by atomic mass is 10.1. The third-order valence-corrected chi connectivity index (χ3v) is 6.54. The van der Waals surface area contributed by atoms with Gasteiger partial charge in [-0.1, -0.05) is 18.0 Å². The molecule has 2 aromatic rings. The number of ether oxygens (including phenoxy) is 2. The van der Waals surface area contributed by atoms with Crippen LogP contribution in [0, 0.1) is 0 Å². The van der Waals surface area contributed by atoms with Crippen molar-refractivity contribution in [1.29, 1.82) is 0 Å². The standard InChI is InChI=1S/C26H30ClN3O5/c1-18(26(33)28-11-14-29-12-3-2-4-13-29)30-22-15-19(5-10-24(22)35-17-25(30)32)23(31)16-34-21-8-6-20(27)7-9-21/h5-10,15,18H,2-4,11-14,16-17H2,1H3,(H,28,33)/t18-/m0/s1. The molecule has 2 aliphatic heterocycles. The molecule has 1 fully saturated rings. The van der Waals surface area contributed by atoms with Gasteiger partial charge in [0.05, 0.1) is 5.69 Å². The zero-order valence-corrected chi connectivity index (χ0v) is 20.6. The number of benzene rings is 2. The summed E-state index contributed by atoms with van der Waals surface area (Å²) in [6.45, 7) is 4.76. The van der Waals surface area contributed by atoms with Gasteiger partial charge in [-0.05, 0) is 75.3 Å². The van der Waals surface area contributed by atoms with Crippen molar-refractivity contribution >= 4 is 34.9 Å². The van der Waals surface area contributed by atoms with E-state index < -0.39 is 6.04 Å². The zero-order chi connectivity index (χ0) is 24.8. The highest BCUT2D eigenvalue weighted by molar-refractivity contribution is 6.30. The Morgan fingerprint density at radius 2 is 1.86 bits per heavy atom. The Hall–Kier alpha value is -3.10. The lowest BCUT2D eigenvalue weighted by Crippen LogP contribution is -2.52. The number of hydrogen-bond donors (Lipinski definition) is 1. The maximum absolute atomic E-state index is 12.9. The van der Waals surface area contributed by atoms with Crippen molar-refractivity contribution in [2.45, 2.75) is 32.2 Å². The van der Waals surface area contributed by atoms with E-state index in [1.165, 1.54) is 24.2 Å². The first-order chi connectivity index (χ1) is 16.9. The third kappa shape index (κ3) is 6.32. The van der Waals surface area contributed by atoms with Gasteiger partial charge in [0.15, 0.2) is 19.0 Å². The minimum absolute atomic E-state index is 0.161. The average molecular weight is 500 g/mol. The number of carbonyl (C=O) groups is 3. The van der Waals surface area contributed by atoms with E-state index in [9.17, 15) is 14.4 Å². The number of fused-ring (bicyclic) bond motifs is 1. The van der Waals surface area contributed by atoms with Crippen LogP contribution in [-0.2, 0) is 9.59 Å².